The molecule has 0 saturated carbocycles. The van der Waals surface area contributed by atoms with Crippen molar-refractivity contribution in [2.75, 3.05) is 26.5 Å². The van der Waals surface area contributed by atoms with Crippen LogP contribution in [0.3, 0.4) is 0 Å². The Kier molecular flexibility index (Phi) is 5.22. The zero-order valence-corrected chi connectivity index (χ0v) is 13.3. The Morgan fingerprint density at radius 1 is 1.43 bits per heavy atom. The van der Waals surface area contributed by atoms with Crippen LogP contribution in [0.1, 0.15) is 36.3 Å². The van der Waals surface area contributed by atoms with Crippen LogP contribution in [0.15, 0.2) is 6.20 Å². The summed E-state index contributed by atoms with van der Waals surface area (Å²) in [6.45, 7) is 3.35. The molecule has 0 spiro atoms. The number of nitrogens with zero attached hydrogens (tertiary/aromatic N) is 4. The van der Waals surface area contributed by atoms with Crippen LogP contribution >= 0.6 is 11.8 Å². The van der Waals surface area contributed by atoms with Gasteiger partial charge >= 0.3 is 5.97 Å². The lowest BCUT2D eigenvalue weighted by atomic mass is 10.0. The number of ether oxygens (including phenoxy) is 1. The first-order chi connectivity index (χ1) is 10.1. The smallest absolute Gasteiger partial charge is 0.360 e. The number of thioether (sulfide) groups is 1. The molecule has 21 heavy (non-hydrogen) atoms. The van der Waals surface area contributed by atoms with Crippen LogP contribution in [0, 0.1) is 0 Å². The van der Waals surface area contributed by atoms with Crippen molar-refractivity contribution in [1.82, 2.24) is 19.9 Å². The maximum Gasteiger partial charge on any atom is 0.360 e. The van der Waals surface area contributed by atoms with E-state index in [1.807, 2.05) is 18.1 Å². The molecule has 1 aromatic rings. The van der Waals surface area contributed by atoms with E-state index in [1.54, 1.807) is 22.6 Å². The van der Waals surface area contributed by atoms with Crippen molar-refractivity contribution in [3.8, 4) is 0 Å². The van der Waals surface area contributed by atoms with Crippen LogP contribution in [0.2, 0.25) is 0 Å². The number of hydrogen-bond donors (Lipinski definition) is 0. The molecule has 1 atom stereocenters. The van der Waals surface area contributed by atoms with Gasteiger partial charge in [-0.1, -0.05) is 5.21 Å². The van der Waals surface area contributed by atoms with Crippen LogP contribution < -0.4 is 0 Å². The molecular formula is C13H20N4O3S. The van der Waals surface area contributed by atoms with Gasteiger partial charge in [0, 0.05) is 13.1 Å². The Morgan fingerprint density at radius 3 is 2.67 bits per heavy atom. The van der Waals surface area contributed by atoms with E-state index in [0.29, 0.717) is 13.1 Å². The average Bonchev–Trinajstić information content (AvgIpc) is 3.02. The topological polar surface area (TPSA) is 77.3 Å². The maximum atomic E-state index is 12.1. The number of hydrogen-bond acceptors (Lipinski definition) is 6. The number of esters is 1. The lowest BCUT2D eigenvalue weighted by Crippen LogP contribution is -2.42. The minimum absolute atomic E-state index is 0.00107. The van der Waals surface area contributed by atoms with Crippen molar-refractivity contribution < 1.29 is 14.3 Å². The van der Waals surface area contributed by atoms with Gasteiger partial charge in [0.1, 0.15) is 0 Å². The Labute approximate surface area is 128 Å². The quantitative estimate of drug-likeness (QED) is 0.771. The third-order valence-corrected chi connectivity index (χ3v) is 4.67. The monoisotopic (exact) mass is 312 g/mol. The molecule has 0 aromatic carbocycles. The van der Waals surface area contributed by atoms with Gasteiger partial charge in [-0.3, -0.25) is 4.79 Å². The second-order valence-corrected chi connectivity index (χ2v) is 6.19. The van der Waals surface area contributed by atoms with E-state index in [0.717, 1.165) is 12.8 Å². The Hall–Kier alpha value is -1.57. The molecule has 0 bridgehead atoms. The van der Waals surface area contributed by atoms with Gasteiger partial charge in [0.25, 0.3) is 0 Å². The molecule has 0 unspecified atom stereocenters. The second kappa shape index (κ2) is 6.93. The minimum atomic E-state index is -0.484. The number of aromatic nitrogens is 3. The lowest BCUT2D eigenvalue weighted by molar-refractivity contribution is -0.131. The Balaban J connectivity index is 1.93. The fourth-order valence-corrected chi connectivity index (χ4v) is 2.71. The minimum Gasteiger partial charge on any atom is -0.464 e. The van der Waals surface area contributed by atoms with Crippen LogP contribution in [0.5, 0.6) is 0 Å². The summed E-state index contributed by atoms with van der Waals surface area (Å²) in [7, 11) is 1.32. The van der Waals surface area contributed by atoms with E-state index in [2.05, 4.69) is 15.0 Å². The zero-order chi connectivity index (χ0) is 15.4. The largest absolute Gasteiger partial charge is 0.464 e. The molecular weight excluding hydrogens is 292 g/mol. The van der Waals surface area contributed by atoms with E-state index in [1.165, 1.54) is 7.11 Å². The van der Waals surface area contributed by atoms with Gasteiger partial charge in [-0.25, -0.2) is 9.48 Å². The molecule has 8 heteroatoms. The highest BCUT2D eigenvalue weighted by molar-refractivity contribution is 7.99. The van der Waals surface area contributed by atoms with Gasteiger partial charge in [-0.05, 0) is 26.0 Å². The van der Waals surface area contributed by atoms with Crippen LogP contribution in [-0.2, 0) is 9.53 Å². The van der Waals surface area contributed by atoms with Gasteiger partial charge in [0.2, 0.25) is 5.91 Å². The predicted molar refractivity (Wildman–Crippen MR) is 79.2 cm³/mol. The van der Waals surface area contributed by atoms with Gasteiger partial charge in [0.05, 0.1) is 24.6 Å². The molecule has 1 saturated heterocycles. The molecule has 1 aromatic heterocycles. The van der Waals surface area contributed by atoms with Crippen molar-refractivity contribution in [2.24, 2.45) is 0 Å². The summed E-state index contributed by atoms with van der Waals surface area (Å²) in [6.07, 6.45) is 5.19. The molecule has 1 aliphatic rings. The van der Waals surface area contributed by atoms with Gasteiger partial charge < -0.3 is 9.64 Å². The first-order valence-electron chi connectivity index (χ1n) is 6.88. The van der Waals surface area contributed by atoms with Crippen molar-refractivity contribution in [3.63, 3.8) is 0 Å². The Bertz CT molecular complexity index is 511. The molecule has 1 amide bonds. The molecule has 7 nitrogen and oxygen atoms in total. The molecule has 2 rings (SSSR count). The van der Waals surface area contributed by atoms with Crippen molar-refractivity contribution in [2.45, 2.75) is 31.1 Å². The molecule has 0 aliphatic carbocycles. The highest BCUT2D eigenvalue weighted by Gasteiger charge is 2.27. The predicted octanol–water partition coefficient (Wildman–Crippen LogP) is 0.980. The molecule has 1 aliphatic heterocycles. The number of carbonyl (C=O) groups is 2. The van der Waals surface area contributed by atoms with Gasteiger partial charge in [-0.2, -0.15) is 11.8 Å². The van der Waals surface area contributed by atoms with Gasteiger partial charge in [-0.15, -0.1) is 5.10 Å². The number of piperidine rings is 1. The van der Waals surface area contributed by atoms with E-state index in [9.17, 15) is 9.59 Å². The summed E-state index contributed by atoms with van der Waals surface area (Å²) in [5, 5.41) is 7.80. The van der Waals surface area contributed by atoms with Crippen molar-refractivity contribution in [3.05, 3.63) is 11.9 Å². The SMILES string of the molecule is COC(=O)c1cn(C2CCN(C(=O)[C@H](C)SC)CC2)nn1. The molecule has 0 radical (unpaired) electrons. The van der Waals surface area contributed by atoms with Crippen LogP contribution in [-0.4, -0.2) is 63.5 Å². The summed E-state index contributed by atoms with van der Waals surface area (Å²) in [5.41, 5.74) is 0.215. The van der Waals surface area contributed by atoms with E-state index >= 15 is 0 Å². The normalized spacial score (nSPS) is 17.6. The number of likely N-dealkylation sites (tertiary alicyclic amines) is 1. The fourth-order valence-electron chi connectivity index (χ4n) is 2.36. The maximum absolute atomic E-state index is 12.1. The number of amides is 1. The summed E-state index contributed by atoms with van der Waals surface area (Å²) in [6, 6.07) is 0.171. The number of rotatable bonds is 4. The highest BCUT2D eigenvalue weighted by atomic mass is 32.2. The Morgan fingerprint density at radius 2 is 2.10 bits per heavy atom. The molecule has 2 heterocycles. The van der Waals surface area contributed by atoms with Crippen molar-refractivity contribution in [1.29, 1.82) is 0 Å². The van der Waals surface area contributed by atoms with E-state index < -0.39 is 5.97 Å². The molecule has 0 N–H and O–H groups in total. The number of carbonyl (C=O) groups excluding carboxylic acids is 2. The summed E-state index contributed by atoms with van der Waals surface area (Å²) in [4.78, 5) is 25.4. The van der Waals surface area contributed by atoms with E-state index in [4.69, 9.17) is 0 Å². The lowest BCUT2D eigenvalue weighted by Gasteiger charge is -2.33. The van der Waals surface area contributed by atoms with Crippen molar-refractivity contribution >= 4 is 23.6 Å². The summed E-state index contributed by atoms with van der Waals surface area (Å²) in [5.74, 6) is -0.294. The summed E-state index contributed by atoms with van der Waals surface area (Å²) < 4.78 is 6.31. The fraction of sp³-hybridized carbons (Fsp3) is 0.692. The standard InChI is InChI=1S/C13H20N4O3S/c1-9(21-3)12(18)16-6-4-10(5-7-16)17-8-11(14-15-17)13(19)20-2/h8-10H,4-7H2,1-3H3/t9-/m0/s1. The highest BCUT2D eigenvalue weighted by Crippen LogP contribution is 2.23. The third-order valence-electron chi connectivity index (χ3n) is 3.76. The molecule has 116 valence electrons. The van der Waals surface area contributed by atoms with E-state index in [-0.39, 0.29) is 22.9 Å². The van der Waals surface area contributed by atoms with Gasteiger partial charge in [0.15, 0.2) is 5.69 Å². The second-order valence-electron chi connectivity index (χ2n) is 5.01. The summed E-state index contributed by atoms with van der Waals surface area (Å²) >= 11 is 1.56. The number of methoxy groups -OCH3 is 1. The third kappa shape index (κ3) is 3.55. The average molecular weight is 312 g/mol. The zero-order valence-electron chi connectivity index (χ0n) is 12.5. The molecule has 1 fully saturated rings. The first kappa shape index (κ1) is 15.8. The van der Waals surface area contributed by atoms with Crippen LogP contribution in [0.4, 0.5) is 0 Å². The van der Waals surface area contributed by atoms with Crippen LogP contribution in [0.25, 0.3) is 0 Å². The first-order valence-corrected chi connectivity index (χ1v) is 8.17.